The summed E-state index contributed by atoms with van der Waals surface area (Å²) in [5.74, 6) is 0.873. The number of halogens is 1. The fourth-order valence-electron chi connectivity index (χ4n) is 2.51. The van der Waals surface area contributed by atoms with Crippen LogP contribution in [-0.4, -0.2) is 15.5 Å². The fourth-order valence-corrected chi connectivity index (χ4v) is 2.64. The van der Waals surface area contributed by atoms with Gasteiger partial charge in [0.25, 0.3) is 0 Å². The number of aromatic nitrogens is 2. The van der Waals surface area contributed by atoms with Crippen molar-refractivity contribution in [2.24, 2.45) is 0 Å². The Balaban J connectivity index is 1.95. The van der Waals surface area contributed by atoms with Crippen LogP contribution in [0.15, 0.2) is 48.5 Å². The minimum atomic E-state index is 0.0232. The molecule has 0 saturated heterocycles. The van der Waals surface area contributed by atoms with E-state index in [0.717, 1.165) is 27.4 Å². The molecule has 5 heteroatoms. The number of fused-ring (bicyclic) bond motifs is 1. The van der Waals surface area contributed by atoms with E-state index in [-0.39, 0.29) is 5.91 Å². The van der Waals surface area contributed by atoms with E-state index in [1.165, 1.54) is 0 Å². The number of benzene rings is 2. The molecule has 0 spiro atoms. The summed E-state index contributed by atoms with van der Waals surface area (Å²) < 4.78 is 2.13. The molecule has 0 unspecified atom stereocenters. The third kappa shape index (κ3) is 3.54. The Labute approximate surface area is 140 Å². The SMILES string of the molecule is CCC(=O)NCc1nc2ccccc2n1Cc1ccc(Cl)cc1. The van der Waals surface area contributed by atoms with Gasteiger partial charge in [-0.05, 0) is 29.8 Å². The third-order valence-electron chi connectivity index (χ3n) is 3.75. The number of amides is 1. The average molecular weight is 328 g/mol. The van der Waals surface area contributed by atoms with Crippen molar-refractivity contribution in [1.82, 2.24) is 14.9 Å². The van der Waals surface area contributed by atoms with Crippen molar-refractivity contribution in [1.29, 1.82) is 0 Å². The summed E-state index contributed by atoms with van der Waals surface area (Å²) in [5.41, 5.74) is 3.13. The summed E-state index contributed by atoms with van der Waals surface area (Å²) in [6, 6.07) is 15.8. The Morgan fingerprint density at radius 2 is 1.91 bits per heavy atom. The third-order valence-corrected chi connectivity index (χ3v) is 4.00. The van der Waals surface area contributed by atoms with Gasteiger partial charge in [-0.15, -0.1) is 0 Å². The van der Waals surface area contributed by atoms with Crippen molar-refractivity contribution < 1.29 is 4.79 Å². The van der Waals surface area contributed by atoms with Crippen LogP contribution in [0, 0.1) is 0 Å². The summed E-state index contributed by atoms with van der Waals surface area (Å²) in [5, 5.41) is 3.62. The summed E-state index contributed by atoms with van der Waals surface area (Å²) in [4.78, 5) is 16.2. The van der Waals surface area contributed by atoms with E-state index in [9.17, 15) is 4.79 Å². The lowest BCUT2D eigenvalue weighted by Gasteiger charge is -2.10. The van der Waals surface area contributed by atoms with Gasteiger partial charge in [0.1, 0.15) is 5.82 Å². The molecule has 0 saturated carbocycles. The molecule has 4 nitrogen and oxygen atoms in total. The summed E-state index contributed by atoms with van der Waals surface area (Å²) in [6.45, 7) is 2.95. The molecule has 0 bridgehead atoms. The molecule has 0 aliphatic carbocycles. The first-order valence-electron chi connectivity index (χ1n) is 7.62. The number of rotatable bonds is 5. The number of para-hydroxylation sites is 2. The fraction of sp³-hybridized carbons (Fsp3) is 0.222. The highest BCUT2D eigenvalue weighted by atomic mass is 35.5. The molecule has 23 heavy (non-hydrogen) atoms. The van der Waals surface area contributed by atoms with Crippen LogP contribution >= 0.6 is 11.6 Å². The molecular formula is C18H18ClN3O. The molecule has 1 N–H and O–H groups in total. The summed E-state index contributed by atoms with van der Waals surface area (Å²) in [7, 11) is 0. The lowest BCUT2D eigenvalue weighted by Crippen LogP contribution is -2.23. The molecule has 0 atom stereocenters. The molecule has 0 fully saturated rings. The highest BCUT2D eigenvalue weighted by molar-refractivity contribution is 6.30. The highest BCUT2D eigenvalue weighted by Crippen LogP contribution is 2.19. The first kappa shape index (κ1) is 15.6. The minimum Gasteiger partial charge on any atom is -0.349 e. The summed E-state index contributed by atoms with van der Waals surface area (Å²) >= 11 is 5.95. The van der Waals surface area contributed by atoms with Gasteiger partial charge >= 0.3 is 0 Å². The van der Waals surface area contributed by atoms with Gasteiger partial charge in [0.15, 0.2) is 0 Å². The van der Waals surface area contributed by atoms with Gasteiger partial charge < -0.3 is 9.88 Å². The zero-order valence-corrected chi connectivity index (χ0v) is 13.7. The van der Waals surface area contributed by atoms with E-state index in [1.54, 1.807) is 0 Å². The number of hydrogen-bond acceptors (Lipinski definition) is 2. The Kier molecular flexibility index (Phi) is 4.63. The van der Waals surface area contributed by atoms with Gasteiger partial charge in [0.2, 0.25) is 5.91 Å². The zero-order chi connectivity index (χ0) is 16.2. The normalized spacial score (nSPS) is 10.9. The van der Waals surface area contributed by atoms with E-state index in [0.29, 0.717) is 19.5 Å². The molecule has 0 aliphatic rings. The van der Waals surface area contributed by atoms with Gasteiger partial charge in [-0.2, -0.15) is 0 Å². The molecule has 1 aromatic heterocycles. The van der Waals surface area contributed by atoms with Crippen LogP contribution in [-0.2, 0) is 17.9 Å². The maximum atomic E-state index is 11.5. The number of nitrogens with zero attached hydrogens (tertiary/aromatic N) is 2. The van der Waals surface area contributed by atoms with Crippen molar-refractivity contribution in [3.63, 3.8) is 0 Å². The van der Waals surface area contributed by atoms with E-state index >= 15 is 0 Å². The van der Waals surface area contributed by atoms with E-state index < -0.39 is 0 Å². The Morgan fingerprint density at radius 1 is 1.17 bits per heavy atom. The number of imidazole rings is 1. The molecule has 1 heterocycles. The molecular weight excluding hydrogens is 310 g/mol. The van der Waals surface area contributed by atoms with Crippen LogP contribution in [0.2, 0.25) is 5.02 Å². The molecule has 3 aromatic rings. The molecule has 0 aliphatic heterocycles. The standard InChI is InChI=1S/C18H18ClN3O/c1-2-18(23)20-11-17-21-15-5-3-4-6-16(15)22(17)12-13-7-9-14(19)10-8-13/h3-10H,2,11-12H2,1H3,(H,20,23). The largest absolute Gasteiger partial charge is 0.349 e. The van der Waals surface area contributed by atoms with Crippen LogP contribution in [0.3, 0.4) is 0 Å². The van der Waals surface area contributed by atoms with E-state index in [4.69, 9.17) is 11.6 Å². The topological polar surface area (TPSA) is 46.9 Å². The van der Waals surface area contributed by atoms with Crippen molar-refractivity contribution in [2.75, 3.05) is 0 Å². The first-order valence-corrected chi connectivity index (χ1v) is 8.00. The maximum Gasteiger partial charge on any atom is 0.220 e. The minimum absolute atomic E-state index is 0.0232. The molecule has 2 aromatic carbocycles. The van der Waals surface area contributed by atoms with Gasteiger partial charge in [0.05, 0.1) is 17.6 Å². The van der Waals surface area contributed by atoms with Crippen LogP contribution in [0.1, 0.15) is 24.7 Å². The van der Waals surface area contributed by atoms with Crippen molar-refractivity contribution in [3.8, 4) is 0 Å². The van der Waals surface area contributed by atoms with Crippen molar-refractivity contribution >= 4 is 28.5 Å². The first-order chi connectivity index (χ1) is 11.2. The molecule has 118 valence electrons. The predicted octanol–water partition coefficient (Wildman–Crippen LogP) is 3.76. The van der Waals surface area contributed by atoms with Crippen molar-refractivity contribution in [3.05, 3.63) is 64.9 Å². The van der Waals surface area contributed by atoms with E-state index in [2.05, 4.69) is 14.9 Å². The average Bonchev–Trinajstić information content (AvgIpc) is 2.92. The zero-order valence-electron chi connectivity index (χ0n) is 12.9. The summed E-state index contributed by atoms with van der Waals surface area (Å²) in [6.07, 6.45) is 0.470. The quantitative estimate of drug-likeness (QED) is 0.775. The Hall–Kier alpha value is -2.33. The lowest BCUT2D eigenvalue weighted by atomic mass is 10.2. The lowest BCUT2D eigenvalue weighted by molar-refractivity contribution is -0.120. The Bertz CT molecular complexity index is 824. The Morgan fingerprint density at radius 3 is 2.65 bits per heavy atom. The smallest absolute Gasteiger partial charge is 0.220 e. The van der Waals surface area contributed by atoms with Crippen LogP contribution in [0.25, 0.3) is 11.0 Å². The highest BCUT2D eigenvalue weighted by Gasteiger charge is 2.11. The number of carbonyl (C=O) groups excluding carboxylic acids is 1. The van der Waals surface area contributed by atoms with Gasteiger partial charge in [0, 0.05) is 18.0 Å². The van der Waals surface area contributed by atoms with Gasteiger partial charge in [-0.3, -0.25) is 4.79 Å². The number of hydrogen-bond donors (Lipinski definition) is 1. The molecule has 3 rings (SSSR count). The number of nitrogens with one attached hydrogen (secondary N) is 1. The van der Waals surface area contributed by atoms with Crippen LogP contribution in [0.5, 0.6) is 0 Å². The van der Waals surface area contributed by atoms with Crippen LogP contribution in [0.4, 0.5) is 0 Å². The second kappa shape index (κ2) is 6.84. The number of carbonyl (C=O) groups is 1. The maximum absolute atomic E-state index is 11.5. The van der Waals surface area contributed by atoms with Crippen LogP contribution < -0.4 is 5.32 Å². The van der Waals surface area contributed by atoms with Gasteiger partial charge in [-0.1, -0.05) is 42.8 Å². The van der Waals surface area contributed by atoms with Crippen molar-refractivity contribution in [2.45, 2.75) is 26.4 Å². The second-order valence-corrected chi connectivity index (χ2v) is 5.80. The molecule has 0 radical (unpaired) electrons. The second-order valence-electron chi connectivity index (χ2n) is 5.36. The van der Waals surface area contributed by atoms with Gasteiger partial charge in [-0.25, -0.2) is 4.98 Å². The predicted molar refractivity (Wildman–Crippen MR) is 92.4 cm³/mol. The monoisotopic (exact) mass is 327 g/mol. The van der Waals surface area contributed by atoms with E-state index in [1.807, 2.05) is 55.5 Å². The molecule has 1 amide bonds.